The first-order valence-electron chi connectivity index (χ1n) is 6.28. The number of aryl methyl sites for hydroxylation is 2. The van der Waals surface area contributed by atoms with Crippen LogP contribution >= 0.6 is 0 Å². The molecule has 0 aliphatic carbocycles. The zero-order valence-corrected chi connectivity index (χ0v) is 10.8. The van der Waals surface area contributed by atoms with Gasteiger partial charge in [0.1, 0.15) is 0 Å². The first kappa shape index (κ1) is 12.6. The summed E-state index contributed by atoms with van der Waals surface area (Å²) in [6.45, 7) is 5.39. The molecule has 6 heteroatoms. The van der Waals surface area contributed by atoms with Gasteiger partial charge in [0.2, 0.25) is 11.7 Å². The molecule has 0 aliphatic rings. The second-order valence-corrected chi connectivity index (χ2v) is 4.08. The van der Waals surface area contributed by atoms with Crippen LogP contribution in [-0.4, -0.2) is 19.9 Å². The van der Waals surface area contributed by atoms with Gasteiger partial charge in [0, 0.05) is 13.0 Å². The predicted octanol–water partition coefficient (Wildman–Crippen LogP) is 2.21. The van der Waals surface area contributed by atoms with Crippen LogP contribution in [0.3, 0.4) is 0 Å². The number of hydrogen-bond acceptors (Lipinski definition) is 5. The van der Waals surface area contributed by atoms with Gasteiger partial charge in [-0.2, -0.15) is 10.1 Å². The lowest BCUT2D eigenvalue weighted by Gasteiger charge is -1.98. The molecule has 6 nitrogen and oxygen atoms in total. The third-order valence-corrected chi connectivity index (χ3v) is 2.40. The topological polar surface area (TPSA) is 66.0 Å². The van der Waals surface area contributed by atoms with Gasteiger partial charge in [0.25, 0.3) is 0 Å². The maximum absolute atomic E-state index is 5.54. The molecular formula is C12H18N4O2. The zero-order chi connectivity index (χ0) is 12.8. The van der Waals surface area contributed by atoms with Gasteiger partial charge in [0.05, 0.1) is 12.4 Å². The van der Waals surface area contributed by atoms with Crippen molar-refractivity contribution >= 4 is 0 Å². The Morgan fingerprint density at radius 3 is 3.00 bits per heavy atom. The van der Waals surface area contributed by atoms with E-state index in [-0.39, 0.29) is 0 Å². The lowest BCUT2D eigenvalue weighted by Crippen LogP contribution is -1.98. The highest BCUT2D eigenvalue weighted by atomic mass is 16.5. The molecule has 0 aromatic carbocycles. The maximum Gasteiger partial charge on any atom is 0.226 e. The van der Waals surface area contributed by atoms with Crippen molar-refractivity contribution in [3.63, 3.8) is 0 Å². The fraction of sp³-hybridized carbons (Fsp3) is 0.583. The highest BCUT2D eigenvalue weighted by Gasteiger charge is 2.06. The van der Waals surface area contributed by atoms with Crippen LogP contribution in [0.4, 0.5) is 0 Å². The van der Waals surface area contributed by atoms with E-state index in [0.717, 1.165) is 31.6 Å². The number of nitrogens with zero attached hydrogens (tertiary/aromatic N) is 4. The Hall–Kier alpha value is -1.85. The molecule has 0 aliphatic heterocycles. The van der Waals surface area contributed by atoms with Crippen molar-refractivity contribution in [2.75, 3.05) is 0 Å². The van der Waals surface area contributed by atoms with E-state index in [9.17, 15) is 0 Å². The van der Waals surface area contributed by atoms with E-state index in [1.807, 2.05) is 10.9 Å². The Kier molecular flexibility index (Phi) is 4.33. The van der Waals surface area contributed by atoms with Gasteiger partial charge in [-0.05, 0) is 12.8 Å². The third-order valence-electron chi connectivity index (χ3n) is 2.40. The van der Waals surface area contributed by atoms with Gasteiger partial charge in [0.15, 0.2) is 12.4 Å². The van der Waals surface area contributed by atoms with E-state index >= 15 is 0 Å². The Morgan fingerprint density at radius 2 is 2.22 bits per heavy atom. The number of ether oxygens (including phenoxy) is 1. The molecule has 2 aromatic heterocycles. The molecule has 0 saturated heterocycles. The van der Waals surface area contributed by atoms with Crippen LogP contribution in [0.5, 0.6) is 5.75 Å². The molecule has 2 rings (SSSR count). The summed E-state index contributed by atoms with van der Waals surface area (Å²) in [7, 11) is 0. The normalized spacial score (nSPS) is 10.8. The first-order valence-corrected chi connectivity index (χ1v) is 6.28. The fourth-order valence-corrected chi connectivity index (χ4v) is 1.58. The van der Waals surface area contributed by atoms with Crippen molar-refractivity contribution in [3.05, 3.63) is 24.1 Å². The van der Waals surface area contributed by atoms with Crippen molar-refractivity contribution in [1.29, 1.82) is 0 Å². The van der Waals surface area contributed by atoms with E-state index in [4.69, 9.17) is 9.26 Å². The molecule has 0 radical (unpaired) electrons. The highest BCUT2D eigenvalue weighted by Crippen LogP contribution is 2.11. The molecule has 2 heterocycles. The Balaban J connectivity index is 1.85. The van der Waals surface area contributed by atoms with Gasteiger partial charge in [-0.3, -0.25) is 4.68 Å². The predicted molar refractivity (Wildman–Crippen MR) is 65.1 cm³/mol. The smallest absolute Gasteiger partial charge is 0.226 e. The zero-order valence-electron chi connectivity index (χ0n) is 10.8. The van der Waals surface area contributed by atoms with Crippen LogP contribution < -0.4 is 4.74 Å². The summed E-state index contributed by atoms with van der Waals surface area (Å²) in [5.74, 6) is 1.96. The number of hydrogen-bond donors (Lipinski definition) is 0. The van der Waals surface area contributed by atoms with Crippen molar-refractivity contribution in [3.8, 4) is 5.75 Å². The third kappa shape index (κ3) is 3.32. The number of rotatable bonds is 7. The fourth-order valence-electron chi connectivity index (χ4n) is 1.58. The summed E-state index contributed by atoms with van der Waals surface area (Å²) in [5.41, 5.74) is 0. The lowest BCUT2D eigenvalue weighted by atomic mass is 10.3. The van der Waals surface area contributed by atoms with Crippen molar-refractivity contribution in [2.24, 2.45) is 0 Å². The summed E-state index contributed by atoms with van der Waals surface area (Å²) in [4.78, 5) is 4.23. The Morgan fingerprint density at radius 1 is 1.33 bits per heavy atom. The van der Waals surface area contributed by atoms with Crippen LogP contribution in [0.25, 0.3) is 0 Å². The molecule has 0 unspecified atom stereocenters. The Bertz CT molecular complexity index is 434. The summed E-state index contributed by atoms with van der Waals surface area (Å²) in [5, 5.41) is 8.03. The van der Waals surface area contributed by atoms with Crippen LogP contribution in [-0.2, 0) is 19.6 Å². The minimum absolute atomic E-state index is 0.311. The molecule has 0 fully saturated rings. The molecule has 0 bridgehead atoms. The van der Waals surface area contributed by atoms with Crippen LogP contribution in [0.1, 0.15) is 38.4 Å². The van der Waals surface area contributed by atoms with Crippen molar-refractivity contribution in [1.82, 2.24) is 19.9 Å². The lowest BCUT2D eigenvalue weighted by molar-refractivity contribution is 0.284. The molecule has 18 heavy (non-hydrogen) atoms. The van der Waals surface area contributed by atoms with Crippen LogP contribution in [0, 0.1) is 0 Å². The highest BCUT2D eigenvalue weighted by molar-refractivity contribution is 5.11. The molecule has 0 N–H and O–H groups in total. The number of aromatic nitrogens is 4. The summed E-state index contributed by atoms with van der Waals surface area (Å²) >= 11 is 0. The second kappa shape index (κ2) is 6.18. The van der Waals surface area contributed by atoms with E-state index < -0.39 is 0 Å². The molecule has 0 amide bonds. The average molecular weight is 250 g/mol. The van der Waals surface area contributed by atoms with Gasteiger partial charge in [-0.1, -0.05) is 19.0 Å². The van der Waals surface area contributed by atoms with E-state index in [1.54, 1.807) is 6.20 Å². The van der Waals surface area contributed by atoms with E-state index in [0.29, 0.717) is 18.3 Å². The molecule has 0 spiro atoms. The minimum atomic E-state index is 0.311. The second-order valence-electron chi connectivity index (χ2n) is 4.08. The summed E-state index contributed by atoms with van der Waals surface area (Å²) in [6, 6.07) is 0. The van der Waals surface area contributed by atoms with Gasteiger partial charge >= 0.3 is 0 Å². The van der Waals surface area contributed by atoms with Crippen LogP contribution in [0.2, 0.25) is 0 Å². The quantitative estimate of drug-likeness (QED) is 0.753. The van der Waals surface area contributed by atoms with Crippen molar-refractivity contribution < 1.29 is 9.26 Å². The molecular weight excluding hydrogens is 232 g/mol. The van der Waals surface area contributed by atoms with E-state index in [1.165, 1.54) is 0 Å². The monoisotopic (exact) mass is 250 g/mol. The van der Waals surface area contributed by atoms with E-state index in [2.05, 4.69) is 29.1 Å². The maximum atomic E-state index is 5.54. The molecule has 2 aromatic rings. The SMILES string of the molecule is CCCc1nc(COc2cnn(CCC)c2)no1. The minimum Gasteiger partial charge on any atom is -0.482 e. The van der Waals surface area contributed by atoms with Gasteiger partial charge in [-0.15, -0.1) is 0 Å². The van der Waals surface area contributed by atoms with Gasteiger partial charge < -0.3 is 9.26 Å². The average Bonchev–Trinajstić information content (AvgIpc) is 2.97. The molecule has 0 saturated carbocycles. The molecule has 98 valence electrons. The largest absolute Gasteiger partial charge is 0.482 e. The first-order chi connectivity index (χ1) is 8.81. The summed E-state index contributed by atoms with van der Waals surface area (Å²) in [6.07, 6.45) is 6.42. The Labute approximate surface area is 106 Å². The standard InChI is InChI=1S/C12H18N4O2/c1-3-5-12-14-11(15-18-12)9-17-10-7-13-16(8-10)6-4-2/h7-8H,3-6,9H2,1-2H3. The van der Waals surface area contributed by atoms with Crippen molar-refractivity contribution in [2.45, 2.75) is 46.3 Å². The van der Waals surface area contributed by atoms with Crippen LogP contribution in [0.15, 0.2) is 16.9 Å². The van der Waals surface area contributed by atoms with Gasteiger partial charge in [-0.25, -0.2) is 0 Å². The summed E-state index contributed by atoms with van der Waals surface area (Å²) < 4.78 is 12.5. The molecule has 0 atom stereocenters.